The smallest absolute Gasteiger partial charge is 0.330 e. The van der Waals surface area contributed by atoms with Gasteiger partial charge in [-0.1, -0.05) is 30.3 Å². The molecule has 0 saturated heterocycles. The van der Waals surface area contributed by atoms with Crippen molar-refractivity contribution < 1.29 is 14.3 Å². The van der Waals surface area contributed by atoms with Gasteiger partial charge in [0.2, 0.25) is 5.91 Å². The fourth-order valence-corrected chi connectivity index (χ4v) is 3.26. The predicted molar refractivity (Wildman–Crippen MR) is 108 cm³/mol. The highest BCUT2D eigenvalue weighted by molar-refractivity contribution is 5.94. The van der Waals surface area contributed by atoms with Gasteiger partial charge in [0.15, 0.2) is 0 Å². The van der Waals surface area contributed by atoms with E-state index in [4.69, 9.17) is 4.74 Å². The minimum atomic E-state index is -0.366. The van der Waals surface area contributed by atoms with Crippen LogP contribution in [0, 0.1) is 0 Å². The Labute approximate surface area is 159 Å². The van der Waals surface area contributed by atoms with E-state index in [-0.39, 0.29) is 11.9 Å². The number of hydrogen-bond donors (Lipinski definition) is 1. The van der Waals surface area contributed by atoms with Crippen LogP contribution in [0.25, 0.3) is 6.08 Å². The number of benzene rings is 2. The third kappa shape index (κ3) is 4.76. The van der Waals surface area contributed by atoms with Crippen LogP contribution in [-0.4, -0.2) is 31.1 Å². The molecule has 2 aromatic carbocycles. The first kappa shape index (κ1) is 18.7. The molecule has 0 spiro atoms. The minimum Gasteiger partial charge on any atom is -0.463 e. The molecule has 1 aliphatic heterocycles. The van der Waals surface area contributed by atoms with Gasteiger partial charge in [-0.2, -0.15) is 0 Å². The predicted octanol–water partition coefficient (Wildman–Crippen LogP) is 3.65. The molecular weight excluding hydrogens is 340 g/mol. The number of nitrogens with one attached hydrogen (secondary N) is 1. The van der Waals surface area contributed by atoms with Crippen LogP contribution in [0.2, 0.25) is 0 Å². The maximum atomic E-state index is 12.5. The van der Waals surface area contributed by atoms with Gasteiger partial charge in [-0.05, 0) is 55.7 Å². The van der Waals surface area contributed by atoms with E-state index in [1.807, 2.05) is 36.4 Å². The van der Waals surface area contributed by atoms with Gasteiger partial charge in [0, 0.05) is 23.5 Å². The first-order chi connectivity index (χ1) is 13.1. The Morgan fingerprint density at radius 3 is 2.67 bits per heavy atom. The molecule has 0 radical (unpaired) electrons. The Morgan fingerprint density at radius 2 is 1.93 bits per heavy atom. The third-order valence-corrected chi connectivity index (χ3v) is 4.56. The number of amides is 1. The van der Waals surface area contributed by atoms with Crippen molar-refractivity contribution in [1.82, 2.24) is 0 Å². The summed E-state index contributed by atoms with van der Waals surface area (Å²) >= 11 is 0. The molecule has 0 bridgehead atoms. The van der Waals surface area contributed by atoms with E-state index in [9.17, 15) is 9.59 Å². The normalized spacial score (nSPS) is 15.6. The van der Waals surface area contributed by atoms with Gasteiger partial charge in [0.25, 0.3) is 0 Å². The molecule has 1 aliphatic rings. The SMILES string of the molecule is CCOC(=O)/C=C/c1ccc(NC(=O)CN2c3ccccc3CC2C)cc1. The molecule has 0 aromatic heterocycles. The van der Waals surface area contributed by atoms with Crippen molar-refractivity contribution in [2.75, 3.05) is 23.4 Å². The Kier molecular flexibility index (Phi) is 5.91. The van der Waals surface area contributed by atoms with Gasteiger partial charge >= 0.3 is 5.97 Å². The monoisotopic (exact) mass is 364 g/mol. The van der Waals surface area contributed by atoms with E-state index in [0.29, 0.717) is 19.2 Å². The van der Waals surface area contributed by atoms with Gasteiger partial charge < -0.3 is 15.0 Å². The average Bonchev–Trinajstić information content (AvgIpc) is 2.97. The summed E-state index contributed by atoms with van der Waals surface area (Å²) in [6.07, 6.45) is 4.04. The number of fused-ring (bicyclic) bond motifs is 1. The van der Waals surface area contributed by atoms with Crippen molar-refractivity contribution in [3.8, 4) is 0 Å². The minimum absolute atomic E-state index is 0.0478. The van der Waals surface area contributed by atoms with Crippen LogP contribution >= 0.6 is 0 Å². The van der Waals surface area contributed by atoms with Crippen molar-refractivity contribution in [3.05, 3.63) is 65.7 Å². The first-order valence-electron chi connectivity index (χ1n) is 9.16. The summed E-state index contributed by atoms with van der Waals surface area (Å²) in [4.78, 5) is 25.9. The van der Waals surface area contributed by atoms with E-state index in [1.165, 1.54) is 11.6 Å². The Hall–Kier alpha value is -3.08. The van der Waals surface area contributed by atoms with Gasteiger partial charge in [0.05, 0.1) is 13.2 Å². The molecular formula is C22H24N2O3. The third-order valence-electron chi connectivity index (χ3n) is 4.56. The lowest BCUT2D eigenvalue weighted by Gasteiger charge is -2.24. The van der Waals surface area contributed by atoms with E-state index in [2.05, 4.69) is 29.3 Å². The molecule has 27 heavy (non-hydrogen) atoms. The van der Waals surface area contributed by atoms with Gasteiger partial charge in [0.1, 0.15) is 0 Å². The molecule has 1 unspecified atom stereocenters. The fourth-order valence-electron chi connectivity index (χ4n) is 3.26. The van der Waals surface area contributed by atoms with Gasteiger partial charge in [-0.15, -0.1) is 0 Å². The lowest BCUT2D eigenvalue weighted by Crippen LogP contribution is -2.37. The number of carbonyl (C=O) groups is 2. The number of carbonyl (C=O) groups excluding carboxylic acids is 2. The summed E-state index contributed by atoms with van der Waals surface area (Å²) in [5, 5.41) is 2.94. The largest absolute Gasteiger partial charge is 0.463 e. The van der Waals surface area contributed by atoms with Crippen molar-refractivity contribution in [3.63, 3.8) is 0 Å². The lowest BCUT2D eigenvalue weighted by molar-refractivity contribution is -0.137. The van der Waals surface area contributed by atoms with Crippen molar-refractivity contribution in [2.24, 2.45) is 0 Å². The molecule has 0 aliphatic carbocycles. The summed E-state index contributed by atoms with van der Waals surface area (Å²) in [6, 6.07) is 15.9. The van der Waals surface area contributed by atoms with Gasteiger partial charge in [-0.25, -0.2) is 4.79 Å². The zero-order chi connectivity index (χ0) is 19.2. The second-order valence-corrected chi connectivity index (χ2v) is 6.57. The highest BCUT2D eigenvalue weighted by Crippen LogP contribution is 2.31. The van der Waals surface area contributed by atoms with E-state index >= 15 is 0 Å². The summed E-state index contributed by atoms with van der Waals surface area (Å²) in [5.74, 6) is -0.414. The summed E-state index contributed by atoms with van der Waals surface area (Å²) < 4.78 is 4.85. The molecule has 0 fully saturated rings. The van der Waals surface area contributed by atoms with Crippen LogP contribution in [0.3, 0.4) is 0 Å². The zero-order valence-electron chi connectivity index (χ0n) is 15.6. The quantitative estimate of drug-likeness (QED) is 0.628. The highest BCUT2D eigenvalue weighted by Gasteiger charge is 2.26. The Morgan fingerprint density at radius 1 is 1.19 bits per heavy atom. The number of nitrogens with zero attached hydrogens (tertiary/aromatic N) is 1. The standard InChI is InChI=1S/C22H24N2O3/c1-3-27-22(26)13-10-17-8-11-19(12-9-17)23-21(25)15-24-16(2)14-18-6-4-5-7-20(18)24/h4-13,16H,3,14-15H2,1-2H3,(H,23,25)/b13-10+. The molecule has 0 saturated carbocycles. The number of esters is 1. The number of anilines is 2. The number of ether oxygens (including phenoxy) is 1. The Bertz CT molecular complexity index is 843. The highest BCUT2D eigenvalue weighted by atomic mass is 16.5. The number of hydrogen-bond acceptors (Lipinski definition) is 4. The van der Waals surface area contributed by atoms with E-state index in [1.54, 1.807) is 13.0 Å². The lowest BCUT2D eigenvalue weighted by atomic mass is 10.1. The second-order valence-electron chi connectivity index (χ2n) is 6.57. The molecule has 1 N–H and O–H groups in total. The zero-order valence-corrected chi connectivity index (χ0v) is 15.6. The summed E-state index contributed by atoms with van der Waals surface area (Å²) in [6.45, 7) is 4.58. The molecule has 5 nitrogen and oxygen atoms in total. The van der Waals surface area contributed by atoms with E-state index < -0.39 is 0 Å². The van der Waals surface area contributed by atoms with Crippen LogP contribution in [0.15, 0.2) is 54.6 Å². The number of para-hydroxylation sites is 1. The topological polar surface area (TPSA) is 58.6 Å². The van der Waals surface area contributed by atoms with Crippen LogP contribution in [0.1, 0.15) is 25.0 Å². The first-order valence-corrected chi connectivity index (χ1v) is 9.16. The molecule has 5 heteroatoms. The summed E-state index contributed by atoms with van der Waals surface area (Å²) in [7, 11) is 0. The van der Waals surface area contributed by atoms with Crippen LogP contribution in [0.5, 0.6) is 0 Å². The van der Waals surface area contributed by atoms with Crippen LogP contribution in [-0.2, 0) is 20.7 Å². The molecule has 1 atom stereocenters. The fraction of sp³-hybridized carbons (Fsp3) is 0.273. The average molecular weight is 364 g/mol. The molecule has 2 aromatic rings. The van der Waals surface area contributed by atoms with E-state index in [0.717, 1.165) is 23.4 Å². The molecule has 140 valence electrons. The summed E-state index contributed by atoms with van der Waals surface area (Å²) in [5.41, 5.74) is 4.02. The van der Waals surface area contributed by atoms with Crippen molar-refractivity contribution >= 4 is 29.3 Å². The maximum Gasteiger partial charge on any atom is 0.330 e. The van der Waals surface area contributed by atoms with Crippen LogP contribution < -0.4 is 10.2 Å². The molecule has 3 rings (SSSR count). The molecule has 1 amide bonds. The molecule has 1 heterocycles. The van der Waals surface area contributed by atoms with Crippen molar-refractivity contribution in [1.29, 1.82) is 0 Å². The van der Waals surface area contributed by atoms with Crippen LogP contribution in [0.4, 0.5) is 11.4 Å². The van der Waals surface area contributed by atoms with Gasteiger partial charge in [-0.3, -0.25) is 4.79 Å². The maximum absolute atomic E-state index is 12.5. The number of rotatable bonds is 6. The Balaban J connectivity index is 1.58. The van der Waals surface area contributed by atoms with Crippen molar-refractivity contribution in [2.45, 2.75) is 26.3 Å². The second kappa shape index (κ2) is 8.54.